The van der Waals surface area contributed by atoms with Crippen LogP contribution in [0.25, 0.3) is 0 Å². The van der Waals surface area contributed by atoms with Crippen LogP contribution in [0.5, 0.6) is 0 Å². The number of allylic oxidation sites excluding steroid dienone is 3. The van der Waals surface area contributed by atoms with Crippen molar-refractivity contribution in [3.8, 4) is 0 Å². The number of aliphatic carboxylic acids is 1. The van der Waals surface area contributed by atoms with E-state index in [0.29, 0.717) is 0 Å². The van der Waals surface area contributed by atoms with Crippen molar-refractivity contribution in [1.82, 2.24) is 0 Å². The number of rotatable bonds is 5. The summed E-state index contributed by atoms with van der Waals surface area (Å²) in [7, 11) is 1.25. The van der Waals surface area contributed by atoms with E-state index in [-0.39, 0.29) is 17.6 Å². The average Bonchev–Trinajstić information content (AvgIpc) is 2.34. The van der Waals surface area contributed by atoms with Crippen LogP contribution < -0.4 is 0 Å². The van der Waals surface area contributed by atoms with Crippen LogP contribution in [-0.2, 0) is 14.3 Å². The van der Waals surface area contributed by atoms with Crippen molar-refractivity contribution >= 4 is 11.9 Å². The van der Waals surface area contributed by atoms with E-state index in [9.17, 15) is 9.59 Å². The smallest absolute Gasteiger partial charge is 0.333 e. The number of carboxylic acids is 1. The molecule has 0 unspecified atom stereocenters. The van der Waals surface area contributed by atoms with E-state index in [1.807, 2.05) is 6.92 Å². The first-order valence-electron chi connectivity index (χ1n) is 5.20. The summed E-state index contributed by atoms with van der Waals surface area (Å²) >= 11 is 0. The molecular weight excluding hydrogens is 232 g/mol. The van der Waals surface area contributed by atoms with Crippen molar-refractivity contribution in [2.45, 2.75) is 20.3 Å². The molecule has 0 atom stereocenters. The normalized spacial score (nSPS) is 9.61. The molecule has 0 heterocycles. The van der Waals surface area contributed by atoms with E-state index in [2.05, 4.69) is 24.5 Å². The predicted molar refractivity (Wildman–Crippen MR) is 72.2 cm³/mol. The van der Waals surface area contributed by atoms with Crippen LogP contribution in [0.15, 0.2) is 48.6 Å². The Hall–Kier alpha value is -2.10. The first-order chi connectivity index (χ1) is 8.26. The molecule has 0 spiro atoms. The molecule has 0 aromatic carbocycles. The van der Waals surface area contributed by atoms with Crippen LogP contribution in [0.1, 0.15) is 20.3 Å². The molecular formula is C14H20O4. The summed E-state index contributed by atoms with van der Waals surface area (Å²) < 4.78 is 4.39. The fourth-order valence-electron chi connectivity index (χ4n) is 0.591. The molecule has 0 aliphatic rings. The standard InChI is InChI=1S/C9H12O4.C5H8/c1-6(8(10)11)4-5-7(2)9(12)13-3;1-4-5(2)3/h4H,2,5H2,1,3H3,(H,10,11);4H,1-2H2,3H3. The summed E-state index contributed by atoms with van der Waals surface area (Å²) in [5.74, 6) is -1.52. The summed E-state index contributed by atoms with van der Waals surface area (Å²) in [5.41, 5.74) is 1.44. The van der Waals surface area contributed by atoms with Gasteiger partial charge in [0.2, 0.25) is 0 Å². The molecule has 4 nitrogen and oxygen atoms in total. The Morgan fingerprint density at radius 2 is 1.72 bits per heavy atom. The Kier molecular flexibility index (Phi) is 10.2. The lowest BCUT2D eigenvalue weighted by Crippen LogP contribution is -2.03. The highest BCUT2D eigenvalue weighted by Gasteiger charge is 2.05. The van der Waals surface area contributed by atoms with Gasteiger partial charge < -0.3 is 9.84 Å². The molecule has 4 heteroatoms. The first-order valence-corrected chi connectivity index (χ1v) is 5.20. The van der Waals surface area contributed by atoms with E-state index < -0.39 is 11.9 Å². The van der Waals surface area contributed by atoms with E-state index in [1.54, 1.807) is 6.08 Å². The number of carboxylic acid groups (broad SMARTS) is 1. The van der Waals surface area contributed by atoms with Crippen LogP contribution >= 0.6 is 0 Å². The molecule has 0 radical (unpaired) electrons. The van der Waals surface area contributed by atoms with Crippen molar-refractivity contribution in [2.24, 2.45) is 0 Å². The third-order valence-electron chi connectivity index (χ3n) is 1.81. The van der Waals surface area contributed by atoms with Crippen LogP contribution in [0.4, 0.5) is 0 Å². The molecule has 0 rings (SSSR count). The summed E-state index contributed by atoms with van der Waals surface area (Å²) in [5, 5.41) is 8.48. The molecule has 0 bridgehead atoms. The average molecular weight is 252 g/mol. The molecule has 0 amide bonds. The predicted octanol–water partition coefficient (Wildman–Crippen LogP) is 2.89. The maximum absolute atomic E-state index is 10.8. The van der Waals surface area contributed by atoms with Crippen LogP contribution in [-0.4, -0.2) is 24.2 Å². The van der Waals surface area contributed by atoms with Crippen molar-refractivity contribution in [2.75, 3.05) is 7.11 Å². The van der Waals surface area contributed by atoms with Gasteiger partial charge in [-0.15, -0.1) is 0 Å². The largest absolute Gasteiger partial charge is 0.478 e. The summed E-state index contributed by atoms with van der Waals surface area (Å²) in [4.78, 5) is 21.1. The number of esters is 1. The van der Waals surface area contributed by atoms with Gasteiger partial charge in [0.15, 0.2) is 0 Å². The molecule has 100 valence electrons. The molecule has 18 heavy (non-hydrogen) atoms. The number of hydrogen-bond donors (Lipinski definition) is 1. The second-order valence-electron chi connectivity index (χ2n) is 3.54. The Labute approximate surface area is 108 Å². The Bertz CT molecular complexity index is 375. The van der Waals surface area contributed by atoms with Crippen LogP contribution in [0.2, 0.25) is 0 Å². The van der Waals surface area contributed by atoms with E-state index >= 15 is 0 Å². The van der Waals surface area contributed by atoms with Crippen molar-refractivity contribution < 1.29 is 19.4 Å². The van der Waals surface area contributed by atoms with Gasteiger partial charge in [0, 0.05) is 11.1 Å². The topological polar surface area (TPSA) is 63.6 Å². The monoisotopic (exact) mass is 252 g/mol. The van der Waals surface area contributed by atoms with Gasteiger partial charge in [0.25, 0.3) is 0 Å². The highest BCUT2D eigenvalue weighted by Crippen LogP contribution is 2.04. The van der Waals surface area contributed by atoms with Gasteiger partial charge in [-0.3, -0.25) is 0 Å². The van der Waals surface area contributed by atoms with E-state index in [0.717, 1.165) is 5.57 Å². The summed E-state index contributed by atoms with van der Waals surface area (Å²) in [6.07, 6.45) is 3.34. The zero-order chi connectivity index (χ0) is 14.7. The summed E-state index contributed by atoms with van der Waals surface area (Å²) in [6, 6.07) is 0. The lowest BCUT2D eigenvalue weighted by molar-refractivity contribution is -0.136. The minimum absolute atomic E-state index is 0.185. The zero-order valence-corrected chi connectivity index (χ0v) is 11.2. The Morgan fingerprint density at radius 1 is 1.28 bits per heavy atom. The number of hydrogen-bond acceptors (Lipinski definition) is 3. The fraction of sp³-hybridized carbons (Fsp3) is 0.286. The highest BCUT2D eigenvalue weighted by atomic mass is 16.5. The first kappa shape index (κ1) is 18.3. The van der Waals surface area contributed by atoms with Gasteiger partial charge >= 0.3 is 11.9 Å². The minimum atomic E-state index is -1.00. The minimum Gasteiger partial charge on any atom is -0.478 e. The third-order valence-corrected chi connectivity index (χ3v) is 1.81. The molecule has 0 aromatic heterocycles. The molecule has 0 saturated carbocycles. The van der Waals surface area contributed by atoms with Crippen molar-refractivity contribution in [3.63, 3.8) is 0 Å². The molecule has 0 aromatic rings. The number of carbonyl (C=O) groups is 2. The second-order valence-corrected chi connectivity index (χ2v) is 3.54. The van der Waals surface area contributed by atoms with Crippen molar-refractivity contribution in [3.05, 3.63) is 48.6 Å². The van der Waals surface area contributed by atoms with E-state index in [4.69, 9.17) is 5.11 Å². The van der Waals surface area contributed by atoms with Gasteiger partial charge in [-0.1, -0.05) is 37.5 Å². The Morgan fingerprint density at radius 3 is 2.00 bits per heavy atom. The lowest BCUT2D eigenvalue weighted by atomic mass is 10.1. The second kappa shape index (κ2) is 10.1. The number of methoxy groups -OCH3 is 1. The van der Waals surface area contributed by atoms with Crippen LogP contribution in [0.3, 0.4) is 0 Å². The molecule has 0 aliphatic heterocycles. The van der Waals surface area contributed by atoms with Crippen molar-refractivity contribution in [1.29, 1.82) is 0 Å². The maximum atomic E-state index is 10.8. The van der Waals surface area contributed by atoms with E-state index in [1.165, 1.54) is 20.1 Å². The highest BCUT2D eigenvalue weighted by molar-refractivity contribution is 5.89. The third kappa shape index (κ3) is 10.4. The maximum Gasteiger partial charge on any atom is 0.333 e. The number of carbonyl (C=O) groups excluding carboxylic acids is 1. The number of ether oxygens (including phenoxy) is 1. The van der Waals surface area contributed by atoms with Gasteiger partial charge in [0.05, 0.1) is 7.11 Å². The SMILES string of the molecule is C=C(CC=C(C)C(=O)O)C(=O)OC.C=CC(=C)C. The molecule has 1 N–H and O–H groups in total. The molecule has 0 saturated heterocycles. The van der Waals surface area contributed by atoms with Gasteiger partial charge in [0.1, 0.15) is 0 Å². The Balaban J connectivity index is 0. The van der Waals surface area contributed by atoms with Crippen LogP contribution in [0, 0.1) is 0 Å². The van der Waals surface area contributed by atoms with Gasteiger partial charge in [-0.05, 0) is 20.3 Å². The van der Waals surface area contributed by atoms with Gasteiger partial charge in [-0.2, -0.15) is 0 Å². The fourth-order valence-corrected chi connectivity index (χ4v) is 0.591. The molecule has 0 aliphatic carbocycles. The lowest BCUT2D eigenvalue weighted by Gasteiger charge is -1.99. The summed E-state index contributed by atoms with van der Waals surface area (Å²) in [6.45, 7) is 13.8. The zero-order valence-electron chi connectivity index (χ0n) is 11.2. The quantitative estimate of drug-likeness (QED) is 0.464. The van der Waals surface area contributed by atoms with Gasteiger partial charge in [-0.25, -0.2) is 9.59 Å². The molecule has 0 fully saturated rings.